The van der Waals surface area contributed by atoms with E-state index in [1.165, 1.54) is 65.6 Å². The normalized spacial score (nSPS) is 10.8. The van der Waals surface area contributed by atoms with Crippen molar-refractivity contribution >= 4 is 120 Å². The highest BCUT2D eigenvalue weighted by Crippen LogP contribution is 2.25. The number of nitrogens with zero attached hydrogens (tertiary/aromatic N) is 12. The number of nitrogens with one attached hydrogen (secondary N) is 1. The van der Waals surface area contributed by atoms with Crippen LogP contribution in [0.3, 0.4) is 0 Å². The molecule has 0 unspecified atom stereocenters. The molecule has 18 nitrogen and oxygen atoms in total. The second kappa shape index (κ2) is 35.2. The summed E-state index contributed by atoms with van der Waals surface area (Å²) in [6.07, 6.45) is 5.42. The number of aryl methyl sites for hydroxylation is 15. The molecule has 0 spiro atoms. The van der Waals surface area contributed by atoms with E-state index in [-0.39, 0.29) is 19.8 Å². The van der Waals surface area contributed by atoms with Gasteiger partial charge in [-0.25, -0.2) is 39.9 Å². The molecular formula is C84H89N13O5S2. The van der Waals surface area contributed by atoms with Gasteiger partial charge in [-0.15, -0.1) is 22.7 Å². The van der Waals surface area contributed by atoms with E-state index in [1.54, 1.807) is 29.0 Å². The third-order valence-electron chi connectivity index (χ3n) is 16.5. The number of aliphatic hydroxyl groups excluding tert-OH is 3. The molecule has 0 fully saturated rings. The lowest BCUT2D eigenvalue weighted by atomic mass is 10.1. The zero-order chi connectivity index (χ0) is 74.1. The number of imidazole rings is 4. The molecule has 0 aliphatic rings. The molecule has 18 aromatic rings. The predicted octanol–water partition coefficient (Wildman–Crippen LogP) is 19.2. The van der Waals surface area contributed by atoms with Crippen molar-refractivity contribution in [2.75, 3.05) is 6.61 Å². The van der Waals surface area contributed by atoms with Crippen LogP contribution in [-0.2, 0) is 33.9 Å². The molecule has 0 saturated carbocycles. The molecule has 4 N–H and O–H groups in total. The molecule has 532 valence electrons. The van der Waals surface area contributed by atoms with Gasteiger partial charge in [0, 0.05) is 39.1 Å². The molecule has 0 bridgehead atoms. The Morgan fingerprint density at radius 3 is 1.56 bits per heavy atom. The van der Waals surface area contributed by atoms with Crippen LogP contribution >= 0.6 is 22.7 Å². The van der Waals surface area contributed by atoms with Crippen LogP contribution in [0.4, 0.5) is 0 Å². The van der Waals surface area contributed by atoms with Crippen LogP contribution in [0.15, 0.2) is 204 Å². The number of pyridine rings is 1. The standard InChI is InChI=1S/C10H12N2O.C10H12N2.C10H9N.2C9H10N2.C9H9NO2.C9H9NOS.C9H9NO.C9H9NS/c1-8-2-3-10-9(6-8)11-7-12(10)4-5-13;1-7-4-5-10-9(6-7)11-8(2)12(10)3;1-8-4-5-9-3-2-6-11-10(9)7-8;1-7-3-4-9-8(5-7)10-6-11(9)2;1-6-3-4-8-9(5-6)11-7(2)10-8;2*1-6-2-3-8-7(4-6)10-9(5-11)12-8;2*1-6-3-4-9-8(5-6)10-7(2)11-9/h2-3,6-7,13H,4-5H2,1H3;4-6H,1-3H3;2-7H,1H3;3-6H,1-2H3;3-5H,1-2H3,(H,10,11);2*2-4,11H,5H2,1H3;2*3-5H,1-2H3. The van der Waals surface area contributed by atoms with E-state index in [4.69, 9.17) is 24.2 Å². The summed E-state index contributed by atoms with van der Waals surface area (Å²) in [6, 6.07) is 59.5. The Morgan fingerprint density at radius 1 is 0.404 bits per heavy atom. The van der Waals surface area contributed by atoms with E-state index in [1.807, 2.05) is 164 Å². The van der Waals surface area contributed by atoms with E-state index in [0.29, 0.717) is 12.4 Å². The maximum atomic E-state index is 8.86. The van der Waals surface area contributed by atoms with Gasteiger partial charge >= 0.3 is 0 Å². The van der Waals surface area contributed by atoms with Crippen molar-refractivity contribution in [3.63, 3.8) is 0 Å². The first-order valence-corrected chi connectivity index (χ1v) is 35.8. The van der Waals surface area contributed by atoms with Crippen molar-refractivity contribution in [3.05, 3.63) is 278 Å². The van der Waals surface area contributed by atoms with Crippen LogP contribution in [0.5, 0.6) is 0 Å². The number of fused-ring (bicyclic) bond motifs is 9. The molecule has 9 aromatic heterocycles. The summed E-state index contributed by atoms with van der Waals surface area (Å²) in [5.74, 6) is 3.14. The molecule has 0 amide bonds. The third kappa shape index (κ3) is 20.4. The number of thiazole rings is 2. The minimum atomic E-state index is -0.145. The van der Waals surface area contributed by atoms with Crippen molar-refractivity contribution < 1.29 is 24.2 Å². The predicted molar refractivity (Wildman–Crippen MR) is 427 cm³/mol. The van der Waals surface area contributed by atoms with Crippen molar-refractivity contribution in [1.82, 2.24) is 63.5 Å². The van der Waals surface area contributed by atoms with Crippen molar-refractivity contribution in [1.29, 1.82) is 0 Å². The number of benzene rings is 9. The lowest BCUT2D eigenvalue weighted by molar-refractivity contribution is 0.244. The Hall–Kier alpha value is -11.1. The second-order valence-corrected chi connectivity index (χ2v) is 28.0. The molecule has 20 heteroatoms. The summed E-state index contributed by atoms with van der Waals surface area (Å²) in [6.45, 7) is 27.1. The first-order chi connectivity index (χ1) is 50.0. The molecule has 0 saturated heterocycles. The molecule has 0 radical (unpaired) electrons. The highest BCUT2D eigenvalue weighted by Gasteiger charge is 2.08. The van der Waals surface area contributed by atoms with E-state index < -0.39 is 0 Å². The Bertz CT molecular complexity index is 5590. The van der Waals surface area contributed by atoms with Gasteiger partial charge in [0.2, 0.25) is 5.89 Å². The minimum Gasteiger partial charge on any atom is -0.441 e. The summed E-state index contributed by atoms with van der Waals surface area (Å²) in [5.41, 5.74) is 26.5. The van der Waals surface area contributed by atoms with Crippen molar-refractivity contribution in [3.8, 4) is 0 Å². The first kappa shape index (κ1) is 75.5. The number of hydrogen-bond acceptors (Lipinski definition) is 16. The maximum Gasteiger partial charge on any atom is 0.221 e. The Morgan fingerprint density at radius 2 is 0.913 bits per heavy atom. The smallest absolute Gasteiger partial charge is 0.221 e. The van der Waals surface area contributed by atoms with Gasteiger partial charge in [0.05, 0.1) is 101 Å². The van der Waals surface area contributed by atoms with Gasteiger partial charge in [0.15, 0.2) is 17.1 Å². The fourth-order valence-electron chi connectivity index (χ4n) is 11.2. The number of aromatic amines is 1. The van der Waals surface area contributed by atoms with E-state index in [0.717, 1.165) is 110 Å². The highest BCUT2D eigenvalue weighted by molar-refractivity contribution is 7.18. The van der Waals surface area contributed by atoms with E-state index in [2.05, 4.69) is 192 Å². The van der Waals surface area contributed by atoms with Crippen LogP contribution in [0.2, 0.25) is 0 Å². The van der Waals surface area contributed by atoms with Crippen LogP contribution in [0.1, 0.15) is 83.5 Å². The third-order valence-corrected chi connectivity index (χ3v) is 18.5. The average Bonchev–Trinajstić information content (AvgIpc) is 1.68. The monoisotopic (exact) mass is 1420 g/mol. The molecule has 9 heterocycles. The van der Waals surface area contributed by atoms with Crippen molar-refractivity contribution in [2.24, 2.45) is 14.1 Å². The van der Waals surface area contributed by atoms with Gasteiger partial charge in [-0.2, -0.15) is 0 Å². The second-order valence-electron chi connectivity index (χ2n) is 25.6. The van der Waals surface area contributed by atoms with E-state index >= 15 is 0 Å². The van der Waals surface area contributed by atoms with Gasteiger partial charge in [-0.3, -0.25) is 4.98 Å². The lowest BCUT2D eigenvalue weighted by Gasteiger charge is -2.00. The quantitative estimate of drug-likeness (QED) is 0.128. The summed E-state index contributed by atoms with van der Waals surface area (Å²) >= 11 is 3.29. The molecule has 0 aliphatic carbocycles. The molecule has 0 aliphatic heterocycles. The Balaban J connectivity index is 0.000000126. The minimum absolute atomic E-state index is 0.0401. The Kier molecular flexibility index (Phi) is 25.5. The zero-order valence-electron chi connectivity index (χ0n) is 61.6. The Labute approximate surface area is 613 Å². The van der Waals surface area contributed by atoms with Crippen LogP contribution < -0.4 is 0 Å². The van der Waals surface area contributed by atoms with Crippen LogP contribution in [0.25, 0.3) is 97.7 Å². The number of oxazole rings is 2. The summed E-state index contributed by atoms with van der Waals surface area (Å²) in [7, 11) is 4.05. The molecule has 104 heavy (non-hydrogen) atoms. The average molecular weight is 1420 g/mol. The van der Waals surface area contributed by atoms with Gasteiger partial charge < -0.3 is 42.8 Å². The zero-order valence-corrected chi connectivity index (χ0v) is 63.3. The van der Waals surface area contributed by atoms with Crippen LogP contribution in [0, 0.1) is 90.0 Å². The summed E-state index contributed by atoms with van der Waals surface area (Å²) < 4.78 is 19.0. The topological polar surface area (TPSA) is 234 Å². The molecule has 0 atom stereocenters. The fraction of sp³-hybridized carbons (Fsp3) is 0.226. The first-order valence-electron chi connectivity index (χ1n) is 34.1. The number of H-pyrrole nitrogens is 1. The summed E-state index contributed by atoms with van der Waals surface area (Å²) in [5, 5.41) is 29.5. The molecule has 18 rings (SSSR count). The summed E-state index contributed by atoms with van der Waals surface area (Å²) in [4.78, 5) is 41.6. The van der Waals surface area contributed by atoms with Gasteiger partial charge in [0.1, 0.15) is 34.3 Å². The number of hydrogen-bond donors (Lipinski definition) is 4. The largest absolute Gasteiger partial charge is 0.441 e. The SMILES string of the molecule is Cc1ccc2c(c1)nc(C)n2C.Cc1ccc2c(c1)ncn2C.Cc1ccc2c(c1)ncn2CCO.Cc1ccc2cccnc2c1.Cc1ccc2nc(C)[nH]c2c1.Cc1ccc2oc(C)nc2c1.Cc1ccc2oc(CO)nc2c1.Cc1ccc2sc(C)nc2c1.Cc1ccc2sc(CO)nc2c1. The number of aromatic nitrogens is 13. The van der Waals surface area contributed by atoms with Gasteiger partial charge in [-0.05, 0) is 242 Å². The maximum absolute atomic E-state index is 8.86. The van der Waals surface area contributed by atoms with Gasteiger partial charge in [-0.1, -0.05) is 66.7 Å². The lowest BCUT2D eigenvalue weighted by Crippen LogP contribution is -1.99. The number of aliphatic hydroxyl groups is 3. The number of rotatable bonds is 4. The molecule has 9 aromatic carbocycles. The van der Waals surface area contributed by atoms with Gasteiger partial charge in [0.25, 0.3) is 0 Å². The van der Waals surface area contributed by atoms with E-state index in [9.17, 15) is 0 Å². The van der Waals surface area contributed by atoms with Crippen LogP contribution in [-0.4, -0.2) is 85.5 Å². The fourth-order valence-corrected chi connectivity index (χ4v) is 12.8. The molecular weight excluding hydrogens is 1340 g/mol. The highest BCUT2D eigenvalue weighted by atomic mass is 32.1. The van der Waals surface area contributed by atoms with Crippen molar-refractivity contribution in [2.45, 2.75) is 110 Å².